The van der Waals surface area contributed by atoms with Gasteiger partial charge in [0.25, 0.3) is 0 Å². The van der Waals surface area contributed by atoms with Crippen LogP contribution in [0.15, 0.2) is 52.9 Å². The minimum Gasteiger partial charge on any atom is -0.497 e. The van der Waals surface area contributed by atoms with E-state index < -0.39 is 0 Å². The van der Waals surface area contributed by atoms with E-state index >= 15 is 0 Å². The molecule has 2 aromatic carbocycles. The second kappa shape index (κ2) is 4.41. The lowest BCUT2D eigenvalue weighted by Gasteiger charge is -2.02. The van der Waals surface area contributed by atoms with Gasteiger partial charge in [0.15, 0.2) is 0 Å². The van der Waals surface area contributed by atoms with E-state index in [0.29, 0.717) is 5.92 Å². The van der Waals surface area contributed by atoms with Crippen molar-refractivity contribution in [2.24, 2.45) is 0 Å². The van der Waals surface area contributed by atoms with Crippen molar-refractivity contribution in [2.75, 3.05) is 7.11 Å². The van der Waals surface area contributed by atoms with Gasteiger partial charge in [-0.15, -0.1) is 0 Å². The van der Waals surface area contributed by atoms with Gasteiger partial charge < -0.3 is 9.15 Å². The summed E-state index contributed by atoms with van der Waals surface area (Å²) >= 11 is 0. The molecule has 0 aliphatic heterocycles. The number of hydrogen-bond donors (Lipinski definition) is 0. The number of furan rings is 1. The van der Waals surface area contributed by atoms with Crippen LogP contribution in [-0.4, -0.2) is 7.11 Å². The third kappa shape index (κ3) is 1.80. The summed E-state index contributed by atoms with van der Waals surface area (Å²) in [7, 11) is 1.70. The molecule has 1 heterocycles. The Morgan fingerprint density at radius 3 is 2.55 bits per heavy atom. The number of ether oxygens (including phenoxy) is 1. The lowest BCUT2D eigenvalue weighted by molar-refractivity contribution is 0.415. The van der Waals surface area contributed by atoms with E-state index in [1.54, 1.807) is 7.11 Å². The van der Waals surface area contributed by atoms with E-state index in [1.807, 2.05) is 18.2 Å². The van der Waals surface area contributed by atoms with Gasteiger partial charge in [-0.25, -0.2) is 0 Å². The summed E-state index contributed by atoms with van der Waals surface area (Å²) in [5.74, 6) is 2.55. The SMILES string of the molecule is COc1ccc2oc(-c3ccccc3)c(C3CC3)c2c1. The molecule has 1 saturated carbocycles. The van der Waals surface area contributed by atoms with Crippen molar-refractivity contribution in [3.05, 3.63) is 54.1 Å². The molecule has 1 fully saturated rings. The van der Waals surface area contributed by atoms with Crippen LogP contribution in [0.2, 0.25) is 0 Å². The zero-order valence-corrected chi connectivity index (χ0v) is 11.4. The van der Waals surface area contributed by atoms with Gasteiger partial charge >= 0.3 is 0 Å². The highest BCUT2D eigenvalue weighted by atomic mass is 16.5. The molecule has 0 N–H and O–H groups in total. The molecular formula is C18H16O2. The smallest absolute Gasteiger partial charge is 0.138 e. The van der Waals surface area contributed by atoms with Crippen LogP contribution >= 0.6 is 0 Å². The number of hydrogen-bond acceptors (Lipinski definition) is 2. The predicted octanol–water partition coefficient (Wildman–Crippen LogP) is 4.99. The molecule has 0 amide bonds. The third-order valence-corrected chi connectivity index (χ3v) is 3.96. The number of methoxy groups -OCH3 is 1. The Hall–Kier alpha value is -2.22. The quantitative estimate of drug-likeness (QED) is 0.665. The summed E-state index contributed by atoms with van der Waals surface area (Å²) in [5.41, 5.74) is 3.46. The summed E-state index contributed by atoms with van der Waals surface area (Å²) in [6.45, 7) is 0. The predicted molar refractivity (Wildman–Crippen MR) is 80.2 cm³/mol. The number of benzene rings is 2. The molecule has 0 bridgehead atoms. The molecule has 1 aromatic heterocycles. The van der Waals surface area contributed by atoms with Crippen LogP contribution in [0.4, 0.5) is 0 Å². The van der Waals surface area contributed by atoms with Crippen LogP contribution in [0.5, 0.6) is 5.75 Å². The van der Waals surface area contributed by atoms with Gasteiger partial charge in [-0.2, -0.15) is 0 Å². The Bertz CT molecular complexity index is 752. The van der Waals surface area contributed by atoms with Gasteiger partial charge in [-0.3, -0.25) is 0 Å². The fraction of sp³-hybridized carbons (Fsp3) is 0.222. The Balaban J connectivity index is 1.98. The second-order valence-corrected chi connectivity index (χ2v) is 5.35. The normalized spacial score (nSPS) is 14.7. The molecule has 0 radical (unpaired) electrons. The van der Waals surface area contributed by atoms with Crippen molar-refractivity contribution in [1.29, 1.82) is 0 Å². The molecule has 0 unspecified atom stereocenters. The molecule has 0 atom stereocenters. The first-order valence-corrected chi connectivity index (χ1v) is 7.02. The van der Waals surface area contributed by atoms with Crippen LogP contribution in [0.1, 0.15) is 24.3 Å². The number of rotatable bonds is 3. The van der Waals surface area contributed by atoms with Gasteiger partial charge in [0.1, 0.15) is 17.1 Å². The second-order valence-electron chi connectivity index (χ2n) is 5.35. The minimum absolute atomic E-state index is 0.638. The maximum Gasteiger partial charge on any atom is 0.138 e. The number of fused-ring (bicyclic) bond motifs is 1. The van der Waals surface area contributed by atoms with Crippen LogP contribution in [0, 0.1) is 0 Å². The molecule has 2 heteroatoms. The van der Waals surface area contributed by atoms with Crippen LogP contribution in [0.3, 0.4) is 0 Å². The minimum atomic E-state index is 0.638. The Morgan fingerprint density at radius 1 is 1.05 bits per heavy atom. The van der Waals surface area contributed by atoms with Crippen LogP contribution < -0.4 is 4.74 Å². The molecule has 20 heavy (non-hydrogen) atoms. The van der Waals surface area contributed by atoms with Crippen LogP contribution in [-0.2, 0) is 0 Å². The van der Waals surface area contributed by atoms with Gasteiger partial charge in [0.05, 0.1) is 7.11 Å². The van der Waals surface area contributed by atoms with Crippen molar-refractivity contribution in [3.8, 4) is 17.1 Å². The Labute approximate surface area is 118 Å². The van der Waals surface area contributed by atoms with E-state index in [1.165, 1.54) is 23.8 Å². The van der Waals surface area contributed by atoms with Crippen molar-refractivity contribution >= 4 is 11.0 Å². The molecule has 1 aliphatic carbocycles. The largest absolute Gasteiger partial charge is 0.497 e. The molecular weight excluding hydrogens is 248 g/mol. The first kappa shape index (κ1) is 11.6. The van der Waals surface area contributed by atoms with E-state index in [4.69, 9.17) is 9.15 Å². The fourth-order valence-electron chi connectivity index (χ4n) is 2.80. The van der Waals surface area contributed by atoms with Crippen LogP contribution in [0.25, 0.3) is 22.3 Å². The van der Waals surface area contributed by atoms with E-state index in [9.17, 15) is 0 Å². The molecule has 4 rings (SSSR count). The summed E-state index contributed by atoms with van der Waals surface area (Å²) in [4.78, 5) is 0. The van der Waals surface area contributed by atoms with Crippen molar-refractivity contribution < 1.29 is 9.15 Å². The standard InChI is InChI=1S/C18H16O2/c1-19-14-9-10-16-15(11-14)17(12-7-8-12)18(20-16)13-5-3-2-4-6-13/h2-6,9-12H,7-8H2,1H3. The van der Waals surface area contributed by atoms with E-state index in [0.717, 1.165) is 22.7 Å². The van der Waals surface area contributed by atoms with Crippen molar-refractivity contribution in [1.82, 2.24) is 0 Å². The zero-order valence-electron chi connectivity index (χ0n) is 11.4. The maximum atomic E-state index is 6.13. The zero-order chi connectivity index (χ0) is 13.5. The molecule has 1 aliphatic rings. The average Bonchev–Trinajstić information content (AvgIpc) is 3.27. The molecule has 2 nitrogen and oxygen atoms in total. The third-order valence-electron chi connectivity index (χ3n) is 3.96. The first-order valence-electron chi connectivity index (χ1n) is 7.02. The maximum absolute atomic E-state index is 6.13. The lowest BCUT2D eigenvalue weighted by Crippen LogP contribution is -1.84. The Kier molecular flexibility index (Phi) is 2.56. The molecule has 3 aromatic rings. The lowest BCUT2D eigenvalue weighted by atomic mass is 10.0. The highest BCUT2D eigenvalue weighted by Crippen LogP contribution is 2.49. The topological polar surface area (TPSA) is 22.4 Å². The summed E-state index contributed by atoms with van der Waals surface area (Å²) < 4.78 is 11.5. The highest BCUT2D eigenvalue weighted by molar-refractivity contribution is 5.90. The Morgan fingerprint density at radius 2 is 1.85 bits per heavy atom. The van der Waals surface area contributed by atoms with Crippen molar-refractivity contribution in [3.63, 3.8) is 0 Å². The molecule has 0 saturated heterocycles. The van der Waals surface area contributed by atoms with Gasteiger partial charge in [0.2, 0.25) is 0 Å². The summed E-state index contributed by atoms with van der Waals surface area (Å²) in [6.07, 6.45) is 2.51. The average molecular weight is 264 g/mol. The van der Waals surface area contributed by atoms with Gasteiger partial charge in [-0.05, 0) is 37.0 Å². The van der Waals surface area contributed by atoms with Gasteiger partial charge in [-0.1, -0.05) is 30.3 Å². The fourth-order valence-corrected chi connectivity index (χ4v) is 2.80. The van der Waals surface area contributed by atoms with Crippen molar-refractivity contribution in [2.45, 2.75) is 18.8 Å². The monoisotopic (exact) mass is 264 g/mol. The van der Waals surface area contributed by atoms with Gasteiger partial charge in [0, 0.05) is 16.5 Å². The summed E-state index contributed by atoms with van der Waals surface area (Å²) in [5, 5.41) is 1.20. The van der Waals surface area contributed by atoms with E-state index in [-0.39, 0.29) is 0 Å². The van der Waals surface area contributed by atoms with E-state index in [2.05, 4.69) is 30.3 Å². The summed E-state index contributed by atoms with van der Waals surface area (Å²) in [6, 6.07) is 16.4. The molecule has 100 valence electrons. The highest BCUT2D eigenvalue weighted by Gasteiger charge is 2.31. The molecule has 0 spiro atoms. The first-order chi connectivity index (χ1) is 9.86.